The van der Waals surface area contributed by atoms with Gasteiger partial charge in [-0.3, -0.25) is 14.2 Å². The monoisotopic (exact) mass is 378 g/mol. The van der Waals surface area contributed by atoms with E-state index in [2.05, 4.69) is 0 Å². The van der Waals surface area contributed by atoms with Crippen LogP contribution in [0.5, 0.6) is 0 Å². The Labute approximate surface area is 148 Å². The van der Waals surface area contributed by atoms with Gasteiger partial charge in [0.1, 0.15) is 18.8 Å². The van der Waals surface area contributed by atoms with Crippen molar-refractivity contribution in [3.8, 4) is 0 Å². The van der Waals surface area contributed by atoms with Crippen molar-refractivity contribution in [3.05, 3.63) is 12.2 Å². The summed E-state index contributed by atoms with van der Waals surface area (Å²) in [6.45, 7) is 9.31. The molecule has 1 heterocycles. The second-order valence-corrected chi connectivity index (χ2v) is 8.19. The molecular formula is C16H27O8P. The average Bonchev–Trinajstić information content (AvgIpc) is 2.43. The smallest absolute Gasteiger partial charge is 0.363 e. The molecule has 1 unspecified atom stereocenters. The largest absolute Gasteiger partial charge is 0.463 e. The minimum absolute atomic E-state index is 0.155. The Kier molecular flexibility index (Phi) is 8.28. The molecule has 0 amide bonds. The number of carbonyl (C=O) groups excluding carboxylic acids is 2. The van der Waals surface area contributed by atoms with Crippen molar-refractivity contribution >= 4 is 19.5 Å². The van der Waals surface area contributed by atoms with Crippen LogP contribution in [0.15, 0.2) is 12.2 Å². The van der Waals surface area contributed by atoms with Gasteiger partial charge in [-0.2, -0.15) is 0 Å². The standard InChI is InChI=1S/C16H27O8P/c1-10(2)23-25(19,24-11(3)4)16-8-7-14(21-13(6)18)15(22-16)9-20-12(5)17/h7-8,10-11,14-16H,9H2,1-6H3/t14-,15+,16?/m1/s1. The molecule has 3 atom stereocenters. The van der Waals surface area contributed by atoms with Crippen LogP contribution in [0.3, 0.4) is 0 Å². The van der Waals surface area contributed by atoms with E-state index in [1.54, 1.807) is 33.8 Å². The van der Waals surface area contributed by atoms with Gasteiger partial charge in [0.2, 0.25) is 0 Å². The number of hydrogen-bond donors (Lipinski definition) is 0. The number of hydrogen-bond acceptors (Lipinski definition) is 8. The van der Waals surface area contributed by atoms with Gasteiger partial charge in [0.25, 0.3) is 0 Å². The first-order valence-electron chi connectivity index (χ1n) is 8.14. The zero-order valence-electron chi connectivity index (χ0n) is 15.5. The molecule has 144 valence electrons. The van der Waals surface area contributed by atoms with E-state index in [1.165, 1.54) is 19.9 Å². The Morgan fingerprint density at radius 1 is 1.04 bits per heavy atom. The van der Waals surface area contributed by atoms with E-state index in [9.17, 15) is 14.2 Å². The first-order chi connectivity index (χ1) is 11.5. The lowest BCUT2D eigenvalue weighted by Crippen LogP contribution is -2.42. The van der Waals surface area contributed by atoms with E-state index in [0.717, 1.165) is 0 Å². The fourth-order valence-corrected chi connectivity index (χ4v) is 4.26. The molecule has 0 N–H and O–H groups in total. The molecule has 1 aliphatic heterocycles. The highest BCUT2D eigenvalue weighted by molar-refractivity contribution is 7.54. The topological polar surface area (TPSA) is 97.4 Å². The lowest BCUT2D eigenvalue weighted by atomic mass is 10.1. The van der Waals surface area contributed by atoms with E-state index >= 15 is 0 Å². The molecule has 0 aromatic heterocycles. The van der Waals surface area contributed by atoms with E-state index < -0.39 is 37.6 Å². The molecule has 0 radical (unpaired) electrons. The summed E-state index contributed by atoms with van der Waals surface area (Å²) in [5.41, 5.74) is 0. The minimum atomic E-state index is -3.64. The van der Waals surface area contributed by atoms with Crippen LogP contribution in [-0.2, 0) is 37.4 Å². The van der Waals surface area contributed by atoms with Gasteiger partial charge in [-0.25, -0.2) is 0 Å². The van der Waals surface area contributed by atoms with E-state index in [-0.39, 0.29) is 18.8 Å². The predicted octanol–water partition coefficient (Wildman–Crippen LogP) is 2.81. The summed E-state index contributed by atoms with van der Waals surface area (Å²) in [5.74, 6) is -2.01. The lowest BCUT2D eigenvalue weighted by molar-refractivity contribution is -0.160. The third-order valence-electron chi connectivity index (χ3n) is 2.93. The van der Waals surface area contributed by atoms with Gasteiger partial charge in [0.15, 0.2) is 5.85 Å². The fraction of sp³-hybridized carbons (Fsp3) is 0.750. The summed E-state index contributed by atoms with van der Waals surface area (Å²) in [5, 5.41) is 0. The molecular weight excluding hydrogens is 351 g/mol. The number of carbonyl (C=O) groups is 2. The molecule has 1 aliphatic rings. The number of esters is 2. The SMILES string of the molecule is CC(=O)OC[C@@H]1OC(P(=O)(OC(C)C)OC(C)C)C=C[C@H]1OC(C)=O. The summed E-state index contributed by atoms with van der Waals surface area (Å²) in [4.78, 5) is 22.3. The maximum Gasteiger partial charge on any atom is 0.363 e. The molecule has 0 aliphatic carbocycles. The maximum absolute atomic E-state index is 13.2. The van der Waals surface area contributed by atoms with Crippen molar-refractivity contribution < 1.29 is 37.4 Å². The summed E-state index contributed by atoms with van der Waals surface area (Å²) < 4.78 is 40.1. The third-order valence-corrected chi connectivity index (χ3v) is 5.27. The highest BCUT2D eigenvalue weighted by Crippen LogP contribution is 2.57. The van der Waals surface area contributed by atoms with Gasteiger partial charge in [0.05, 0.1) is 12.2 Å². The van der Waals surface area contributed by atoms with Crippen molar-refractivity contribution in [1.82, 2.24) is 0 Å². The Hall–Kier alpha value is -1.21. The molecule has 0 aromatic carbocycles. The van der Waals surface area contributed by atoms with Gasteiger partial charge in [-0.05, 0) is 39.8 Å². The Bertz CT molecular complexity index is 528. The molecule has 0 saturated carbocycles. The first kappa shape index (κ1) is 21.8. The molecule has 9 heteroatoms. The zero-order chi connectivity index (χ0) is 19.2. The van der Waals surface area contributed by atoms with Crippen molar-refractivity contribution in [1.29, 1.82) is 0 Å². The quantitative estimate of drug-likeness (QED) is 0.361. The van der Waals surface area contributed by atoms with Crippen molar-refractivity contribution in [2.75, 3.05) is 6.61 Å². The predicted molar refractivity (Wildman–Crippen MR) is 90.0 cm³/mol. The van der Waals surface area contributed by atoms with E-state index in [4.69, 9.17) is 23.3 Å². The van der Waals surface area contributed by atoms with Gasteiger partial charge in [-0.15, -0.1) is 0 Å². The normalized spacial score (nSPS) is 23.8. The highest BCUT2D eigenvalue weighted by Gasteiger charge is 2.43. The third kappa shape index (κ3) is 7.28. The van der Waals surface area contributed by atoms with E-state index in [0.29, 0.717) is 0 Å². The summed E-state index contributed by atoms with van der Waals surface area (Å²) in [6.07, 6.45) is 0.759. The number of rotatable bonds is 8. The molecule has 0 spiro atoms. The van der Waals surface area contributed by atoms with Crippen LogP contribution in [0.4, 0.5) is 0 Å². The maximum atomic E-state index is 13.2. The molecule has 8 nitrogen and oxygen atoms in total. The molecule has 0 fully saturated rings. The minimum Gasteiger partial charge on any atom is -0.463 e. The van der Waals surface area contributed by atoms with Gasteiger partial charge >= 0.3 is 19.5 Å². The Morgan fingerprint density at radius 3 is 2.04 bits per heavy atom. The summed E-state index contributed by atoms with van der Waals surface area (Å²) in [7, 11) is -3.64. The molecule has 0 aromatic rings. The van der Waals surface area contributed by atoms with Crippen LogP contribution in [0, 0.1) is 0 Å². The Balaban J connectivity index is 3.03. The van der Waals surface area contributed by atoms with Crippen LogP contribution >= 0.6 is 7.60 Å². The van der Waals surface area contributed by atoms with Crippen LogP contribution < -0.4 is 0 Å². The summed E-state index contributed by atoms with van der Waals surface area (Å²) in [6, 6.07) is 0. The highest BCUT2D eigenvalue weighted by atomic mass is 31.2. The molecule has 0 bridgehead atoms. The average molecular weight is 378 g/mol. The zero-order valence-corrected chi connectivity index (χ0v) is 16.4. The van der Waals surface area contributed by atoms with Crippen LogP contribution in [0.2, 0.25) is 0 Å². The van der Waals surface area contributed by atoms with E-state index in [1.807, 2.05) is 0 Å². The van der Waals surface area contributed by atoms with Crippen LogP contribution in [0.1, 0.15) is 41.5 Å². The van der Waals surface area contributed by atoms with Crippen molar-refractivity contribution in [3.63, 3.8) is 0 Å². The van der Waals surface area contributed by atoms with Crippen molar-refractivity contribution in [2.24, 2.45) is 0 Å². The van der Waals surface area contributed by atoms with Gasteiger partial charge in [-0.1, -0.05) is 0 Å². The van der Waals surface area contributed by atoms with Crippen LogP contribution in [0.25, 0.3) is 0 Å². The molecule has 0 saturated heterocycles. The second-order valence-electron chi connectivity index (χ2n) is 6.17. The van der Waals surface area contributed by atoms with Gasteiger partial charge < -0.3 is 23.3 Å². The van der Waals surface area contributed by atoms with Gasteiger partial charge in [0, 0.05) is 13.8 Å². The fourth-order valence-electron chi connectivity index (χ4n) is 2.18. The second kappa shape index (κ2) is 9.48. The van der Waals surface area contributed by atoms with Crippen LogP contribution in [-0.4, -0.2) is 48.8 Å². The molecule has 1 rings (SSSR count). The van der Waals surface area contributed by atoms with Crippen molar-refractivity contribution in [2.45, 2.75) is 71.8 Å². The molecule has 25 heavy (non-hydrogen) atoms. The summed E-state index contributed by atoms with van der Waals surface area (Å²) >= 11 is 0. The lowest BCUT2D eigenvalue weighted by Gasteiger charge is -2.35. The first-order valence-corrected chi connectivity index (χ1v) is 9.75. The Morgan fingerprint density at radius 2 is 1.60 bits per heavy atom. The number of ether oxygens (including phenoxy) is 3.